The van der Waals surface area contributed by atoms with Crippen molar-refractivity contribution in [3.8, 4) is 0 Å². The highest BCUT2D eigenvalue weighted by molar-refractivity contribution is 7.89. The highest BCUT2D eigenvalue weighted by Crippen LogP contribution is 2.35. The van der Waals surface area contributed by atoms with E-state index >= 15 is 0 Å². The summed E-state index contributed by atoms with van der Waals surface area (Å²) < 4.78 is 27.7. The summed E-state index contributed by atoms with van der Waals surface area (Å²) >= 11 is 6.05. The van der Waals surface area contributed by atoms with E-state index in [0.717, 1.165) is 24.0 Å². The number of hydrogen-bond donors (Lipinski definition) is 2. The normalized spacial score (nSPS) is 22.0. The van der Waals surface area contributed by atoms with Crippen molar-refractivity contribution in [1.82, 2.24) is 10.0 Å². The predicted molar refractivity (Wildman–Crippen MR) is 81.5 cm³/mol. The fourth-order valence-electron chi connectivity index (χ4n) is 2.47. The summed E-state index contributed by atoms with van der Waals surface area (Å²) in [6, 6.07) is 3.41. The molecular formula is C14H21ClN2O2S. The first-order valence-electron chi connectivity index (χ1n) is 6.85. The lowest BCUT2D eigenvalue weighted by Crippen LogP contribution is -2.28. The van der Waals surface area contributed by atoms with Crippen molar-refractivity contribution in [3.63, 3.8) is 0 Å². The van der Waals surface area contributed by atoms with Gasteiger partial charge in [0, 0.05) is 17.6 Å². The molecule has 0 heterocycles. The number of hydrogen-bond acceptors (Lipinski definition) is 3. The molecule has 1 aliphatic carbocycles. The average molecular weight is 317 g/mol. The molecule has 2 unspecified atom stereocenters. The van der Waals surface area contributed by atoms with Gasteiger partial charge in [-0.25, -0.2) is 13.1 Å². The lowest BCUT2D eigenvalue weighted by molar-refractivity contribution is 0.575. The van der Waals surface area contributed by atoms with E-state index in [1.54, 1.807) is 6.07 Å². The monoisotopic (exact) mass is 316 g/mol. The molecule has 6 heteroatoms. The van der Waals surface area contributed by atoms with Gasteiger partial charge in [0.05, 0.1) is 4.90 Å². The molecule has 0 spiro atoms. The van der Waals surface area contributed by atoms with E-state index in [9.17, 15) is 8.42 Å². The number of halogens is 1. The third kappa shape index (κ3) is 3.34. The van der Waals surface area contributed by atoms with Crippen LogP contribution in [0.5, 0.6) is 0 Å². The molecule has 112 valence electrons. The summed E-state index contributed by atoms with van der Waals surface area (Å²) in [4.78, 5) is 0.289. The molecule has 0 saturated heterocycles. The van der Waals surface area contributed by atoms with Crippen LogP contribution in [0.25, 0.3) is 0 Å². The van der Waals surface area contributed by atoms with Gasteiger partial charge in [0.25, 0.3) is 0 Å². The Hall–Kier alpha value is -0.620. The van der Waals surface area contributed by atoms with Crippen LogP contribution >= 0.6 is 11.6 Å². The Morgan fingerprint density at radius 3 is 2.65 bits per heavy atom. The summed E-state index contributed by atoms with van der Waals surface area (Å²) in [6.45, 7) is 4.49. The second-order valence-electron chi connectivity index (χ2n) is 5.35. The van der Waals surface area contributed by atoms with Crippen molar-refractivity contribution in [2.45, 2.75) is 44.2 Å². The summed E-state index contributed by atoms with van der Waals surface area (Å²) in [5, 5.41) is 3.47. The van der Waals surface area contributed by atoms with E-state index in [-0.39, 0.29) is 10.9 Å². The minimum atomic E-state index is -3.50. The van der Waals surface area contributed by atoms with E-state index < -0.39 is 10.0 Å². The van der Waals surface area contributed by atoms with Crippen LogP contribution in [0.4, 0.5) is 0 Å². The van der Waals surface area contributed by atoms with Crippen molar-refractivity contribution in [2.75, 3.05) is 7.05 Å². The summed E-state index contributed by atoms with van der Waals surface area (Å²) in [7, 11) is -1.67. The van der Waals surface area contributed by atoms with E-state index in [2.05, 4.69) is 17.0 Å². The van der Waals surface area contributed by atoms with Crippen LogP contribution in [0.3, 0.4) is 0 Å². The average Bonchev–Trinajstić information content (AvgIpc) is 3.11. The Morgan fingerprint density at radius 2 is 2.10 bits per heavy atom. The lowest BCUT2D eigenvalue weighted by Gasteiger charge is -2.13. The van der Waals surface area contributed by atoms with Gasteiger partial charge in [0.2, 0.25) is 10.0 Å². The molecule has 0 aliphatic heterocycles. The van der Waals surface area contributed by atoms with Crippen LogP contribution in [0.2, 0.25) is 5.02 Å². The Kier molecular flexibility index (Phi) is 4.74. The van der Waals surface area contributed by atoms with Gasteiger partial charge in [0.15, 0.2) is 0 Å². The van der Waals surface area contributed by atoms with Crippen molar-refractivity contribution in [2.24, 2.45) is 5.92 Å². The SMILES string of the molecule is CCC1CC1NS(=O)(=O)c1cc(Cl)cc(CNC)c1C. The van der Waals surface area contributed by atoms with Gasteiger partial charge in [-0.05, 0) is 49.6 Å². The third-order valence-corrected chi connectivity index (χ3v) is 5.68. The summed E-state index contributed by atoms with van der Waals surface area (Å²) in [5.74, 6) is 0.473. The molecule has 1 aromatic rings. The number of benzene rings is 1. The molecule has 2 N–H and O–H groups in total. The van der Waals surface area contributed by atoms with Gasteiger partial charge in [-0.3, -0.25) is 0 Å². The molecule has 20 heavy (non-hydrogen) atoms. The molecule has 4 nitrogen and oxygen atoms in total. The fourth-order valence-corrected chi connectivity index (χ4v) is 4.40. The minimum Gasteiger partial charge on any atom is -0.316 e. The summed E-state index contributed by atoms with van der Waals surface area (Å²) in [5.41, 5.74) is 1.66. The molecule has 1 aromatic carbocycles. The largest absolute Gasteiger partial charge is 0.316 e. The quantitative estimate of drug-likeness (QED) is 0.847. The van der Waals surface area contributed by atoms with Gasteiger partial charge in [-0.2, -0.15) is 0 Å². The highest BCUT2D eigenvalue weighted by Gasteiger charge is 2.39. The maximum absolute atomic E-state index is 12.5. The first-order chi connectivity index (χ1) is 9.39. The minimum absolute atomic E-state index is 0.0798. The topological polar surface area (TPSA) is 58.2 Å². The standard InChI is InChI=1S/C14H21ClN2O2S/c1-4-10-6-13(10)17-20(18,19)14-7-12(15)5-11(8-16-3)9(14)2/h5,7,10,13,16-17H,4,6,8H2,1-3H3. The number of sulfonamides is 1. The van der Waals surface area contributed by atoms with Crippen molar-refractivity contribution >= 4 is 21.6 Å². The Labute approximate surface area is 126 Å². The Bertz CT molecular complexity index is 601. The van der Waals surface area contributed by atoms with Gasteiger partial charge in [0.1, 0.15) is 0 Å². The lowest BCUT2D eigenvalue weighted by atomic mass is 10.1. The smallest absolute Gasteiger partial charge is 0.241 e. The zero-order valence-corrected chi connectivity index (χ0v) is 13.6. The molecular weight excluding hydrogens is 296 g/mol. The number of nitrogens with one attached hydrogen (secondary N) is 2. The van der Waals surface area contributed by atoms with Gasteiger partial charge >= 0.3 is 0 Å². The summed E-state index contributed by atoms with van der Waals surface area (Å²) in [6.07, 6.45) is 1.94. The molecule has 1 aliphatic rings. The molecule has 2 atom stereocenters. The van der Waals surface area contributed by atoms with E-state index in [1.165, 1.54) is 6.07 Å². The predicted octanol–water partition coefficient (Wildman–Crippen LogP) is 2.44. The van der Waals surface area contributed by atoms with E-state index in [4.69, 9.17) is 11.6 Å². The van der Waals surface area contributed by atoms with Crippen LogP contribution in [0, 0.1) is 12.8 Å². The third-order valence-electron chi connectivity index (χ3n) is 3.84. The van der Waals surface area contributed by atoms with E-state index in [1.807, 2.05) is 14.0 Å². The molecule has 1 fully saturated rings. The van der Waals surface area contributed by atoms with E-state index in [0.29, 0.717) is 17.5 Å². The molecule has 0 radical (unpaired) electrons. The zero-order valence-electron chi connectivity index (χ0n) is 12.0. The van der Waals surface area contributed by atoms with Crippen LogP contribution in [0.15, 0.2) is 17.0 Å². The molecule has 2 rings (SSSR count). The van der Waals surface area contributed by atoms with Crippen LogP contribution < -0.4 is 10.0 Å². The molecule has 0 bridgehead atoms. The van der Waals surface area contributed by atoms with Crippen molar-refractivity contribution in [3.05, 3.63) is 28.3 Å². The molecule has 1 saturated carbocycles. The first-order valence-corrected chi connectivity index (χ1v) is 8.71. The Balaban J connectivity index is 2.31. The maximum Gasteiger partial charge on any atom is 0.241 e. The highest BCUT2D eigenvalue weighted by atomic mass is 35.5. The Morgan fingerprint density at radius 1 is 1.40 bits per heavy atom. The van der Waals surface area contributed by atoms with Crippen LogP contribution in [-0.2, 0) is 16.6 Å². The fraction of sp³-hybridized carbons (Fsp3) is 0.571. The molecule has 0 amide bonds. The molecule has 0 aromatic heterocycles. The van der Waals surface area contributed by atoms with Crippen molar-refractivity contribution < 1.29 is 8.42 Å². The van der Waals surface area contributed by atoms with Crippen molar-refractivity contribution in [1.29, 1.82) is 0 Å². The van der Waals surface area contributed by atoms with Crippen LogP contribution in [-0.4, -0.2) is 21.5 Å². The van der Waals surface area contributed by atoms with Gasteiger partial charge < -0.3 is 5.32 Å². The maximum atomic E-state index is 12.5. The second-order valence-corrected chi connectivity index (χ2v) is 7.47. The van der Waals surface area contributed by atoms with Crippen LogP contribution in [0.1, 0.15) is 30.9 Å². The van der Waals surface area contributed by atoms with Gasteiger partial charge in [-0.15, -0.1) is 0 Å². The first kappa shape index (κ1) is 15.8. The number of rotatable bonds is 6. The van der Waals surface area contributed by atoms with Gasteiger partial charge in [-0.1, -0.05) is 24.9 Å². The second kappa shape index (κ2) is 6.02. The zero-order chi connectivity index (χ0) is 14.9.